The molecule has 1 aromatic carbocycles. The fraction of sp³-hybridized carbons (Fsp3) is 0.417. The number of sulfonamides is 1. The summed E-state index contributed by atoms with van der Waals surface area (Å²) in [7, 11) is -3.77. The summed E-state index contributed by atoms with van der Waals surface area (Å²) in [6, 6.07) is 4.65. The minimum Gasteiger partial charge on any atom is -0.396 e. The Bertz CT molecular complexity index is 666. The second-order valence-corrected chi connectivity index (χ2v) is 7.17. The predicted molar refractivity (Wildman–Crippen MR) is 78.0 cm³/mol. The van der Waals surface area contributed by atoms with E-state index in [0.717, 1.165) is 12.8 Å². The van der Waals surface area contributed by atoms with Crippen LogP contribution in [0.4, 0.5) is 5.69 Å². The van der Waals surface area contributed by atoms with Crippen LogP contribution in [-0.2, 0) is 10.0 Å². The number of nitrogens with zero attached hydrogens (tertiary/aromatic N) is 2. The van der Waals surface area contributed by atoms with Crippen molar-refractivity contribution in [3.63, 3.8) is 0 Å². The van der Waals surface area contributed by atoms with Gasteiger partial charge in [-0.3, -0.25) is 0 Å². The van der Waals surface area contributed by atoms with Gasteiger partial charge in [-0.1, -0.05) is 23.2 Å². The van der Waals surface area contributed by atoms with Crippen LogP contribution in [0.15, 0.2) is 17.0 Å². The van der Waals surface area contributed by atoms with Crippen molar-refractivity contribution < 1.29 is 8.42 Å². The van der Waals surface area contributed by atoms with Crippen molar-refractivity contribution in [1.29, 1.82) is 5.26 Å². The third-order valence-electron chi connectivity index (χ3n) is 3.08. The van der Waals surface area contributed by atoms with E-state index >= 15 is 0 Å². The summed E-state index contributed by atoms with van der Waals surface area (Å²) < 4.78 is 26.6. The average molecular weight is 334 g/mol. The van der Waals surface area contributed by atoms with E-state index in [4.69, 9.17) is 34.2 Å². The van der Waals surface area contributed by atoms with E-state index in [1.807, 2.05) is 6.07 Å². The van der Waals surface area contributed by atoms with E-state index < -0.39 is 10.0 Å². The molecule has 20 heavy (non-hydrogen) atoms. The first-order chi connectivity index (χ1) is 9.39. The highest BCUT2D eigenvalue weighted by Gasteiger charge is 2.38. The quantitative estimate of drug-likeness (QED) is 0.839. The van der Waals surface area contributed by atoms with Crippen LogP contribution in [0.2, 0.25) is 10.0 Å². The van der Waals surface area contributed by atoms with E-state index in [1.165, 1.54) is 16.4 Å². The Morgan fingerprint density at radius 3 is 2.60 bits per heavy atom. The van der Waals surface area contributed by atoms with E-state index in [0.29, 0.717) is 0 Å². The van der Waals surface area contributed by atoms with Crippen molar-refractivity contribution >= 4 is 38.9 Å². The molecule has 0 bridgehead atoms. The molecule has 0 spiro atoms. The number of hydrogen-bond donors (Lipinski definition) is 1. The summed E-state index contributed by atoms with van der Waals surface area (Å²) in [6.45, 7) is 0.155. The molecule has 0 aliphatic heterocycles. The summed E-state index contributed by atoms with van der Waals surface area (Å²) in [6.07, 6.45) is 1.73. The summed E-state index contributed by atoms with van der Waals surface area (Å²) >= 11 is 11.8. The number of nitriles is 1. The van der Waals surface area contributed by atoms with E-state index in [1.54, 1.807) is 0 Å². The van der Waals surface area contributed by atoms with Crippen molar-refractivity contribution in [1.82, 2.24) is 4.31 Å². The minimum atomic E-state index is -3.77. The molecule has 1 aliphatic rings. The molecule has 0 saturated heterocycles. The van der Waals surface area contributed by atoms with Gasteiger partial charge >= 0.3 is 0 Å². The molecule has 0 unspecified atom stereocenters. The Morgan fingerprint density at radius 1 is 1.40 bits per heavy atom. The largest absolute Gasteiger partial charge is 0.396 e. The highest BCUT2D eigenvalue weighted by molar-refractivity contribution is 7.89. The Labute approximate surface area is 127 Å². The Hall–Kier alpha value is -1.00. The van der Waals surface area contributed by atoms with E-state index in [2.05, 4.69) is 0 Å². The molecule has 0 radical (unpaired) electrons. The van der Waals surface area contributed by atoms with Crippen LogP contribution < -0.4 is 5.73 Å². The second-order valence-electron chi connectivity index (χ2n) is 4.53. The van der Waals surface area contributed by atoms with Gasteiger partial charge in [-0.05, 0) is 25.0 Å². The van der Waals surface area contributed by atoms with Crippen LogP contribution in [0.5, 0.6) is 0 Å². The Balaban J connectivity index is 2.43. The third kappa shape index (κ3) is 2.86. The van der Waals surface area contributed by atoms with Gasteiger partial charge in [0.25, 0.3) is 0 Å². The standard InChI is InChI=1S/C12H13Cl2N3O2S/c13-9-4-5-10(11(14)12(9)16)20(18,19)17(7-1-6-15)8-2-3-8/h4-5,8H,1-3,7,16H2. The van der Waals surface area contributed by atoms with Gasteiger partial charge < -0.3 is 5.73 Å². The van der Waals surface area contributed by atoms with Gasteiger partial charge in [0.2, 0.25) is 10.0 Å². The maximum Gasteiger partial charge on any atom is 0.244 e. The van der Waals surface area contributed by atoms with Crippen LogP contribution >= 0.6 is 23.2 Å². The molecule has 108 valence electrons. The molecular formula is C12H13Cl2N3O2S. The lowest BCUT2D eigenvalue weighted by atomic mass is 10.3. The molecule has 1 fully saturated rings. The average Bonchev–Trinajstić information content (AvgIpc) is 3.20. The van der Waals surface area contributed by atoms with Crippen LogP contribution in [-0.4, -0.2) is 25.3 Å². The minimum absolute atomic E-state index is 0.0467. The zero-order valence-corrected chi connectivity index (χ0v) is 12.8. The molecule has 0 heterocycles. The van der Waals surface area contributed by atoms with Gasteiger partial charge in [-0.2, -0.15) is 9.57 Å². The van der Waals surface area contributed by atoms with Crippen molar-refractivity contribution in [3.8, 4) is 6.07 Å². The lowest BCUT2D eigenvalue weighted by molar-refractivity contribution is 0.411. The third-order valence-corrected chi connectivity index (χ3v) is 5.92. The monoisotopic (exact) mass is 333 g/mol. The zero-order chi connectivity index (χ0) is 14.9. The topological polar surface area (TPSA) is 87.2 Å². The first-order valence-corrected chi connectivity index (χ1v) is 8.21. The molecule has 2 N–H and O–H groups in total. The molecule has 1 aromatic rings. The lowest BCUT2D eigenvalue weighted by Gasteiger charge is -2.21. The molecule has 0 aromatic heterocycles. The van der Waals surface area contributed by atoms with Crippen LogP contribution in [0, 0.1) is 11.3 Å². The Kier molecular flexibility index (Phi) is 4.45. The number of halogens is 2. The van der Waals surface area contributed by atoms with Crippen molar-refractivity contribution in [2.75, 3.05) is 12.3 Å². The molecule has 2 rings (SSSR count). The van der Waals surface area contributed by atoms with E-state index in [9.17, 15) is 8.42 Å². The molecule has 0 atom stereocenters. The molecule has 1 aliphatic carbocycles. The van der Waals surface area contributed by atoms with Crippen molar-refractivity contribution in [2.45, 2.75) is 30.2 Å². The van der Waals surface area contributed by atoms with E-state index in [-0.39, 0.29) is 39.6 Å². The molecule has 5 nitrogen and oxygen atoms in total. The van der Waals surface area contributed by atoms with Gasteiger partial charge in [0, 0.05) is 19.0 Å². The van der Waals surface area contributed by atoms with Gasteiger partial charge in [0.05, 0.1) is 21.8 Å². The first-order valence-electron chi connectivity index (χ1n) is 6.02. The number of rotatable bonds is 5. The SMILES string of the molecule is N#CCCN(C1CC1)S(=O)(=O)c1ccc(Cl)c(N)c1Cl. The smallest absolute Gasteiger partial charge is 0.244 e. The molecule has 8 heteroatoms. The summed E-state index contributed by atoms with van der Waals surface area (Å²) in [5, 5.41) is 8.80. The van der Waals surface area contributed by atoms with Gasteiger partial charge in [-0.25, -0.2) is 8.42 Å². The van der Waals surface area contributed by atoms with Crippen molar-refractivity contribution in [2.24, 2.45) is 0 Å². The summed E-state index contributed by atoms with van der Waals surface area (Å²) in [5.41, 5.74) is 5.72. The molecule has 1 saturated carbocycles. The highest BCUT2D eigenvalue weighted by Crippen LogP contribution is 2.38. The maximum absolute atomic E-state index is 12.6. The second kappa shape index (κ2) is 5.78. The predicted octanol–water partition coefficient (Wildman–Crippen LogP) is 2.64. The molecule has 0 amide bonds. The fourth-order valence-electron chi connectivity index (χ4n) is 1.90. The van der Waals surface area contributed by atoms with Gasteiger partial charge in [0.15, 0.2) is 0 Å². The number of benzene rings is 1. The molecular weight excluding hydrogens is 321 g/mol. The number of nitrogens with two attached hydrogens (primary N) is 1. The maximum atomic E-state index is 12.6. The van der Waals surface area contributed by atoms with Crippen molar-refractivity contribution in [3.05, 3.63) is 22.2 Å². The Morgan fingerprint density at radius 2 is 2.05 bits per heavy atom. The normalized spacial score (nSPS) is 15.3. The summed E-state index contributed by atoms with van der Waals surface area (Å²) in [5.74, 6) is 0. The number of anilines is 1. The first kappa shape index (κ1) is 15.4. The highest BCUT2D eigenvalue weighted by atomic mass is 35.5. The van der Waals surface area contributed by atoms with Crippen LogP contribution in [0.3, 0.4) is 0 Å². The summed E-state index contributed by atoms with van der Waals surface area (Å²) in [4.78, 5) is -0.0640. The van der Waals surface area contributed by atoms with Crippen LogP contribution in [0.1, 0.15) is 19.3 Å². The van der Waals surface area contributed by atoms with Gasteiger partial charge in [0.1, 0.15) is 4.90 Å². The zero-order valence-electron chi connectivity index (χ0n) is 10.5. The van der Waals surface area contributed by atoms with Gasteiger partial charge in [-0.15, -0.1) is 0 Å². The number of nitrogen functional groups attached to an aromatic ring is 1. The van der Waals surface area contributed by atoms with Crippen LogP contribution in [0.25, 0.3) is 0 Å². The number of hydrogen-bond acceptors (Lipinski definition) is 4. The lowest BCUT2D eigenvalue weighted by Crippen LogP contribution is -2.34. The fourth-order valence-corrected chi connectivity index (χ4v) is 4.32.